The fourth-order valence-corrected chi connectivity index (χ4v) is 1.32. The van der Waals surface area contributed by atoms with Crippen LogP contribution in [0.2, 0.25) is 0 Å². The Hall–Kier alpha value is -2.68. The topological polar surface area (TPSA) is 142 Å². The van der Waals surface area contributed by atoms with Crippen LogP contribution in [0.15, 0.2) is 24.3 Å². The molecule has 0 heterocycles. The number of carbonyl (C=O) groups is 2. The zero-order valence-electron chi connectivity index (χ0n) is 10.3. The molecule has 0 aliphatic heterocycles. The summed E-state index contributed by atoms with van der Waals surface area (Å²) in [7, 11) is 0. The van der Waals surface area contributed by atoms with E-state index in [4.69, 9.17) is 10.2 Å². The second kappa shape index (κ2) is 7.04. The molecule has 20 heavy (non-hydrogen) atoms. The normalized spacial score (nSPS) is 11.4. The lowest BCUT2D eigenvalue weighted by Crippen LogP contribution is -2.33. The maximum absolute atomic E-state index is 11.4. The molecule has 1 aromatic rings. The third-order valence-corrected chi connectivity index (χ3v) is 2.30. The van der Waals surface area contributed by atoms with E-state index in [9.17, 15) is 19.7 Å². The van der Waals surface area contributed by atoms with Crippen molar-refractivity contribution in [3.8, 4) is 0 Å². The maximum atomic E-state index is 11.4. The number of nitrogens with zero attached hydrogens (tertiary/aromatic N) is 1. The number of carboxylic acid groups (broad SMARTS) is 1. The highest BCUT2D eigenvalue weighted by molar-refractivity contribution is 5.89. The summed E-state index contributed by atoms with van der Waals surface area (Å²) in [5, 5.41) is 32.6. The fraction of sp³-hybridized carbons (Fsp3) is 0.273. The zero-order chi connectivity index (χ0) is 15.1. The first kappa shape index (κ1) is 15.4. The van der Waals surface area contributed by atoms with Gasteiger partial charge in [-0.05, 0) is 6.07 Å². The first-order chi connectivity index (χ1) is 9.40. The molecule has 0 saturated carbocycles. The lowest BCUT2D eigenvalue weighted by molar-refractivity contribution is -0.384. The largest absolute Gasteiger partial charge is 0.479 e. The number of hydrogen-bond donors (Lipinski definition) is 4. The Bertz CT molecular complexity index is 519. The first-order valence-corrected chi connectivity index (χ1v) is 5.60. The van der Waals surface area contributed by atoms with E-state index in [1.165, 1.54) is 24.3 Å². The average molecular weight is 283 g/mol. The van der Waals surface area contributed by atoms with E-state index in [0.29, 0.717) is 0 Å². The summed E-state index contributed by atoms with van der Waals surface area (Å²) >= 11 is 0. The third-order valence-electron chi connectivity index (χ3n) is 2.30. The number of amides is 2. The Kier molecular flexibility index (Phi) is 5.42. The van der Waals surface area contributed by atoms with Crippen LogP contribution >= 0.6 is 0 Å². The summed E-state index contributed by atoms with van der Waals surface area (Å²) in [6, 6.07) is 4.71. The van der Waals surface area contributed by atoms with E-state index in [-0.39, 0.29) is 24.3 Å². The van der Waals surface area contributed by atoms with E-state index < -0.39 is 23.0 Å². The number of aliphatic carboxylic acids is 1. The number of non-ortho nitro benzene ring substituents is 1. The number of hydrogen-bond acceptors (Lipinski definition) is 5. The molecule has 9 nitrogen and oxygen atoms in total. The van der Waals surface area contributed by atoms with Gasteiger partial charge in [0.15, 0.2) is 6.10 Å². The number of rotatable bonds is 6. The molecule has 0 spiro atoms. The number of benzene rings is 1. The van der Waals surface area contributed by atoms with Crippen molar-refractivity contribution in [1.82, 2.24) is 5.32 Å². The minimum Gasteiger partial charge on any atom is -0.479 e. The van der Waals surface area contributed by atoms with Crippen LogP contribution < -0.4 is 10.6 Å². The predicted molar refractivity (Wildman–Crippen MR) is 68.4 cm³/mol. The maximum Gasteiger partial charge on any atom is 0.332 e. The van der Waals surface area contributed by atoms with E-state index in [2.05, 4.69) is 10.6 Å². The molecular formula is C11H13N3O6. The molecule has 2 amide bonds. The average Bonchev–Trinajstić information content (AvgIpc) is 2.38. The van der Waals surface area contributed by atoms with Gasteiger partial charge in [0.25, 0.3) is 5.69 Å². The summed E-state index contributed by atoms with van der Waals surface area (Å²) in [6.07, 6.45) is -1.69. The van der Waals surface area contributed by atoms with Crippen molar-refractivity contribution < 1.29 is 24.7 Å². The molecule has 0 radical (unpaired) electrons. The van der Waals surface area contributed by atoms with Gasteiger partial charge in [-0.2, -0.15) is 0 Å². The van der Waals surface area contributed by atoms with Crippen molar-refractivity contribution in [3.63, 3.8) is 0 Å². The van der Waals surface area contributed by atoms with Crippen LogP contribution in [-0.4, -0.2) is 39.8 Å². The molecular weight excluding hydrogens is 270 g/mol. The van der Waals surface area contributed by atoms with Crippen LogP contribution in [0, 0.1) is 10.1 Å². The minimum atomic E-state index is -1.55. The first-order valence-electron chi connectivity index (χ1n) is 5.60. The summed E-state index contributed by atoms with van der Waals surface area (Å²) in [4.78, 5) is 31.7. The van der Waals surface area contributed by atoms with Gasteiger partial charge in [0.1, 0.15) is 0 Å². The fourth-order valence-electron chi connectivity index (χ4n) is 1.32. The van der Waals surface area contributed by atoms with Gasteiger partial charge < -0.3 is 20.8 Å². The molecule has 1 rings (SSSR count). The molecule has 0 aliphatic rings. The number of carboxylic acids is 1. The molecule has 1 atom stereocenters. The van der Waals surface area contributed by atoms with Crippen molar-refractivity contribution in [1.29, 1.82) is 0 Å². The molecule has 108 valence electrons. The van der Waals surface area contributed by atoms with Crippen LogP contribution in [0.25, 0.3) is 0 Å². The Labute approximate surface area is 113 Å². The van der Waals surface area contributed by atoms with Crippen LogP contribution in [0.4, 0.5) is 16.2 Å². The Morgan fingerprint density at radius 2 is 2.10 bits per heavy atom. The molecule has 4 N–H and O–H groups in total. The van der Waals surface area contributed by atoms with E-state index in [1.807, 2.05) is 0 Å². The second-order valence-electron chi connectivity index (χ2n) is 3.83. The van der Waals surface area contributed by atoms with Crippen molar-refractivity contribution in [2.45, 2.75) is 12.5 Å². The number of nitro benzene ring substituents is 1. The molecule has 9 heteroatoms. The van der Waals surface area contributed by atoms with Gasteiger partial charge in [-0.1, -0.05) is 6.07 Å². The zero-order valence-corrected chi connectivity index (χ0v) is 10.3. The van der Waals surface area contributed by atoms with Gasteiger partial charge in [-0.15, -0.1) is 0 Å². The number of urea groups is 1. The quantitative estimate of drug-likeness (QED) is 0.443. The highest BCUT2D eigenvalue weighted by atomic mass is 16.6. The van der Waals surface area contributed by atoms with E-state index in [0.717, 1.165) is 0 Å². The highest BCUT2D eigenvalue weighted by Crippen LogP contribution is 2.16. The van der Waals surface area contributed by atoms with Crippen molar-refractivity contribution >= 4 is 23.4 Å². The van der Waals surface area contributed by atoms with E-state index >= 15 is 0 Å². The number of aliphatic hydroxyl groups excluding tert-OH is 1. The Morgan fingerprint density at radius 3 is 2.70 bits per heavy atom. The molecule has 0 unspecified atom stereocenters. The van der Waals surface area contributed by atoms with Gasteiger partial charge >= 0.3 is 12.0 Å². The van der Waals surface area contributed by atoms with Gasteiger partial charge in [-0.25, -0.2) is 9.59 Å². The van der Waals surface area contributed by atoms with Crippen LogP contribution in [0.1, 0.15) is 6.42 Å². The molecule has 0 fully saturated rings. The lowest BCUT2D eigenvalue weighted by Gasteiger charge is -2.08. The molecule has 0 saturated heterocycles. The van der Waals surface area contributed by atoms with Crippen LogP contribution in [0.5, 0.6) is 0 Å². The smallest absolute Gasteiger partial charge is 0.332 e. The molecule has 0 aromatic heterocycles. The van der Waals surface area contributed by atoms with E-state index in [1.54, 1.807) is 0 Å². The molecule has 1 aromatic carbocycles. The number of carbonyl (C=O) groups excluding carboxylic acids is 1. The van der Waals surface area contributed by atoms with Crippen LogP contribution in [0.3, 0.4) is 0 Å². The number of nitrogens with one attached hydrogen (secondary N) is 2. The summed E-state index contributed by atoms with van der Waals surface area (Å²) in [6.45, 7) is -0.0474. The minimum absolute atomic E-state index is 0.0474. The Morgan fingerprint density at radius 1 is 1.40 bits per heavy atom. The highest BCUT2D eigenvalue weighted by Gasteiger charge is 2.13. The summed E-state index contributed by atoms with van der Waals surface area (Å²) in [5.74, 6) is -1.37. The number of nitro groups is 1. The van der Waals surface area contributed by atoms with Gasteiger partial charge in [0.05, 0.1) is 4.92 Å². The second-order valence-corrected chi connectivity index (χ2v) is 3.83. The standard InChI is InChI=1S/C11H13N3O6/c15-9(10(16)17)4-5-12-11(18)13-7-2-1-3-8(6-7)14(19)20/h1-3,6,9,15H,4-5H2,(H,16,17)(H2,12,13,18)/t9-/m0/s1. The van der Waals surface area contributed by atoms with Crippen LogP contribution in [-0.2, 0) is 4.79 Å². The lowest BCUT2D eigenvalue weighted by atomic mass is 10.2. The van der Waals surface area contributed by atoms with Gasteiger partial charge in [-0.3, -0.25) is 10.1 Å². The SMILES string of the molecule is O=C(NCC[C@H](O)C(=O)O)Nc1cccc([N+](=O)[O-])c1. The number of aliphatic hydroxyl groups is 1. The van der Waals surface area contributed by atoms with Gasteiger partial charge in [0, 0.05) is 30.8 Å². The van der Waals surface area contributed by atoms with Crippen molar-refractivity contribution in [3.05, 3.63) is 34.4 Å². The number of anilines is 1. The summed E-state index contributed by atoms with van der Waals surface area (Å²) < 4.78 is 0. The third kappa shape index (κ3) is 4.90. The predicted octanol–water partition coefficient (Wildman–Crippen LogP) is 0.552. The Balaban J connectivity index is 2.44. The molecule has 0 bridgehead atoms. The summed E-state index contributed by atoms with van der Waals surface area (Å²) in [5.41, 5.74) is 0.0691. The monoisotopic (exact) mass is 283 g/mol. The van der Waals surface area contributed by atoms with Crippen molar-refractivity contribution in [2.24, 2.45) is 0 Å². The molecule has 0 aliphatic carbocycles. The van der Waals surface area contributed by atoms with Crippen molar-refractivity contribution in [2.75, 3.05) is 11.9 Å². The van der Waals surface area contributed by atoms with Gasteiger partial charge in [0.2, 0.25) is 0 Å².